The molecule has 142 valence electrons. The predicted octanol–water partition coefficient (Wildman–Crippen LogP) is 6.96. The molecule has 25 heavy (non-hydrogen) atoms. The highest BCUT2D eigenvalue weighted by atomic mass is 17.2. The smallest absolute Gasteiger partial charge is 0.136 e. The zero-order chi connectivity index (χ0) is 18.4. The lowest BCUT2D eigenvalue weighted by atomic mass is 10.0. The van der Waals surface area contributed by atoms with Crippen LogP contribution in [0, 0.1) is 23.7 Å². The van der Waals surface area contributed by atoms with Crippen molar-refractivity contribution in [2.75, 3.05) is 7.11 Å². The molecule has 0 saturated carbocycles. The summed E-state index contributed by atoms with van der Waals surface area (Å²) < 4.78 is 0. The van der Waals surface area contributed by atoms with Gasteiger partial charge in [-0.1, -0.05) is 96.0 Å². The van der Waals surface area contributed by atoms with Crippen LogP contribution in [0.3, 0.4) is 0 Å². The van der Waals surface area contributed by atoms with Crippen LogP contribution in [0.1, 0.15) is 103 Å². The van der Waals surface area contributed by atoms with Crippen LogP contribution in [0.4, 0.5) is 0 Å². The van der Waals surface area contributed by atoms with Crippen molar-refractivity contribution in [3.05, 3.63) is 12.3 Å². The number of rotatable bonds is 16. The van der Waals surface area contributed by atoms with Gasteiger partial charge in [-0.05, 0) is 18.3 Å². The molecule has 0 aromatic heterocycles. The highest BCUT2D eigenvalue weighted by molar-refractivity contribution is 5.25. The molecule has 0 spiro atoms. The Morgan fingerprint density at radius 2 is 1.20 bits per heavy atom. The van der Waals surface area contributed by atoms with Gasteiger partial charge >= 0.3 is 0 Å². The van der Waals surface area contributed by atoms with Gasteiger partial charge in [-0.15, -0.1) is 0 Å². The van der Waals surface area contributed by atoms with Crippen LogP contribution in [0.5, 0.6) is 0 Å². The summed E-state index contributed by atoms with van der Waals surface area (Å²) in [7, 11) is 1.47. The normalized spacial score (nSPS) is 9.68. The van der Waals surface area contributed by atoms with E-state index in [1.807, 2.05) is 0 Å². The summed E-state index contributed by atoms with van der Waals surface area (Å²) in [6.07, 6.45) is 18.9. The minimum Gasteiger partial charge on any atom is -0.343 e. The molecular weight excluding hydrogens is 308 g/mol. The molecule has 0 aliphatic carbocycles. The molecule has 2 nitrogen and oxygen atoms in total. The summed E-state index contributed by atoms with van der Waals surface area (Å²) in [6, 6.07) is 0. The number of unbranched alkanes of at least 4 members (excludes halogenated alkanes) is 12. The summed E-state index contributed by atoms with van der Waals surface area (Å²) in [5.41, 5.74) is 0. The largest absolute Gasteiger partial charge is 0.343 e. The number of hydrogen-bond acceptors (Lipinski definition) is 2. The summed E-state index contributed by atoms with van der Waals surface area (Å²) in [5.74, 6) is 12.5. The van der Waals surface area contributed by atoms with Gasteiger partial charge in [0.1, 0.15) is 5.76 Å². The van der Waals surface area contributed by atoms with E-state index in [0.717, 1.165) is 6.42 Å². The maximum absolute atomic E-state index is 4.78. The van der Waals surface area contributed by atoms with E-state index in [2.05, 4.69) is 42.1 Å². The Morgan fingerprint density at radius 1 is 0.720 bits per heavy atom. The van der Waals surface area contributed by atoms with Crippen molar-refractivity contribution in [3.8, 4) is 23.7 Å². The van der Waals surface area contributed by atoms with Crippen LogP contribution in [0.2, 0.25) is 0 Å². The molecule has 0 N–H and O–H groups in total. The van der Waals surface area contributed by atoms with Gasteiger partial charge in [0, 0.05) is 19.3 Å². The van der Waals surface area contributed by atoms with E-state index in [1.165, 1.54) is 84.2 Å². The minimum atomic E-state index is 0.598. The number of hydrogen-bond donors (Lipinski definition) is 0. The van der Waals surface area contributed by atoms with E-state index < -0.39 is 0 Å². The van der Waals surface area contributed by atoms with Crippen molar-refractivity contribution < 1.29 is 9.78 Å². The quantitative estimate of drug-likeness (QED) is 0.0989. The third-order valence-corrected chi connectivity index (χ3v) is 4.12. The van der Waals surface area contributed by atoms with Crippen LogP contribution in [0.15, 0.2) is 12.3 Å². The fourth-order valence-electron chi connectivity index (χ4n) is 2.63. The van der Waals surface area contributed by atoms with Crippen LogP contribution < -0.4 is 0 Å². The van der Waals surface area contributed by atoms with Gasteiger partial charge in [-0.3, -0.25) is 0 Å². The van der Waals surface area contributed by atoms with Gasteiger partial charge in [0.25, 0.3) is 0 Å². The first-order chi connectivity index (χ1) is 12.3. The third-order valence-electron chi connectivity index (χ3n) is 4.12. The van der Waals surface area contributed by atoms with Gasteiger partial charge in [0.05, 0.1) is 7.11 Å². The molecule has 0 aliphatic heterocycles. The van der Waals surface area contributed by atoms with Crippen molar-refractivity contribution in [2.45, 2.75) is 103 Å². The molecule has 0 aromatic rings. The van der Waals surface area contributed by atoms with E-state index >= 15 is 0 Å². The van der Waals surface area contributed by atoms with Crippen LogP contribution >= 0.6 is 0 Å². The second kappa shape index (κ2) is 20.7. The van der Waals surface area contributed by atoms with E-state index in [4.69, 9.17) is 4.89 Å². The van der Waals surface area contributed by atoms with E-state index in [9.17, 15) is 0 Å². The monoisotopic (exact) mass is 346 g/mol. The summed E-state index contributed by atoms with van der Waals surface area (Å²) in [5, 5.41) is 0. The van der Waals surface area contributed by atoms with E-state index in [1.54, 1.807) is 0 Å². The highest BCUT2D eigenvalue weighted by Crippen LogP contribution is 2.12. The molecule has 0 rings (SSSR count). The molecule has 0 unspecified atom stereocenters. The Balaban J connectivity index is 3.28. The molecule has 0 saturated heterocycles. The Bertz CT molecular complexity index is 417. The molecule has 0 fully saturated rings. The molecule has 0 amide bonds. The first kappa shape index (κ1) is 23.6. The number of allylic oxidation sites excluding steroid dienone is 1. The van der Waals surface area contributed by atoms with Crippen molar-refractivity contribution in [2.24, 2.45) is 0 Å². The van der Waals surface area contributed by atoms with Crippen molar-refractivity contribution in [3.63, 3.8) is 0 Å². The Morgan fingerprint density at radius 3 is 1.72 bits per heavy atom. The second-order valence-corrected chi connectivity index (χ2v) is 6.53. The van der Waals surface area contributed by atoms with Crippen molar-refractivity contribution in [1.82, 2.24) is 0 Å². The van der Waals surface area contributed by atoms with Gasteiger partial charge in [0.15, 0.2) is 0 Å². The zero-order valence-electron chi connectivity index (χ0n) is 16.6. The standard InChI is InChI=1S/C23H38O2/c1-4-5-6-7-8-9-10-11-12-13-14-15-16-17-18-19-20-21-22-23(2)25-24-3/h2,4-16,21-22H2,1,3H3. The Kier molecular flexibility index (Phi) is 19.5. The average Bonchev–Trinajstić information content (AvgIpc) is 2.61. The summed E-state index contributed by atoms with van der Waals surface area (Å²) in [6.45, 7) is 5.98. The molecule has 2 heteroatoms. The Labute approximate surface area is 156 Å². The van der Waals surface area contributed by atoms with Gasteiger partial charge < -0.3 is 4.89 Å². The molecule has 0 bridgehead atoms. The predicted molar refractivity (Wildman–Crippen MR) is 108 cm³/mol. The van der Waals surface area contributed by atoms with Crippen LogP contribution in [-0.2, 0) is 9.78 Å². The Hall–Kier alpha value is -1.38. The highest BCUT2D eigenvalue weighted by Gasteiger charge is 1.93. The maximum Gasteiger partial charge on any atom is 0.136 e. The van der Waals surface area contributed by atoms with Crippen LogP contribution in [0.25, 0.3) is 0 Å². The first-order valence-electron chi connectivity index (χ1n) is 10.2. The molecular formula is C23H38O2. The molecule has 0 heterocycles. The molecule has 0 radical (unpaired) electrons. The SMILES string of the molecule is C=C(CCC#CC#CCCCCCCCCCCCCCC)OOC. The van der Waals surface area contributed by atoms with E-state index in [-0.39, 0.29) is 0 Å². The first-order valence-corrected chi connectivity index (χ1v) is 10.2. The lowest BCUT2D eigenvalue weighted by molar-refractivity contribution is -0.238. The van der Waals surface area contributed by atoms with Crippen LogP contribution in [-0.4, -0.2) is 7.11 Å². The second-order valence-electron chi connectivity index (χ2n) is 6.53. The average molecular weight is 347 g/mol. The molecule has 0 aliphatic rings. The zero-order valence-corrected chi connectivity index (χ0v) is 16.6. The van der Waals surface area contributed by atoms with Crippen molar-refractivity contribution in [1.29, 1.82) is 0 Å². The summed E-state index contributed by atoms with van der Waals surface area (Å²) >= 11 is 0. The van der Waals surface area contributed by atoms with Gasteiger partial charge in [-0.2, -0.15) is 4.89 Å². The van der Waals surface area contributed by atoms with Crippen molar-refractivity contribution >= 4 is 0 Å². The van der Waals surface area contributed by atoms with E-state index in [0.29, 0.717) is 18.6 Å². The maximum atomic E-state index is 4.78. The lowest BCUT2D eigenvalue weighted by Gasteiger charge is -2.01. The topological polar surface area (TPSA) is 18.5 Å². The fourth-order valence-corrected chi connectivity index (χ4v) is 2.63. The fraction of sp³-hybridized carbons (Fsp3) is 0.739. The third kappa shape index (κ3) is 20.6. The van der Waals surface area contributed by atoms with Gasteiger partial charge in [-0.25, -0.2) is 0 Å². The molecule has 0 aromatic carbocycles. The minimum absolute atomic E-state index is 0.598. The van der Waals surface area contributed by atoms with Gasteiger partial charge in [0.2, 0.25) is 0 Å². The summed E-state index contributed by atoms with van der Waals surface area (Å²) in [4.78, 5) is 9.29. The molecule has 0 atom stereocenters. The lowest BCUT2D eigenvalue weighted by Crippen LogP contribution is -1.88.